The number of rotatable bonds is 5. The maximum absolute atomic E-state index is 13.7. The number of hydrogen-bond acceptors (Lipinski definition) is 6. The largest absolute Gasteiger partial charge is 0.354 e. The van der Waals surface area contributed by atoms with E-state index in [0.29, 0.717) is 37.7 Å². The molecule has 32 heavy (non-hydrogen) atoms. The Bertz CT molecular complexity index is 1220. The fraction of sp³-hybridized carbons (Fsp3) is 0.304. The molecule has 0 bridgehead atoms. The highest BCUT2D eigenvalue weighted by Gasteiger charge is 2.30. The summed E-state index contributed by atoms with van der Waals surface area (Å²) in [5.74, 6) is 0.679. The number of sulfonamides is 1. The van der Waals surface area contributed by atoms with Gasteiger partial charge in [-0.05, 0) is 50.6 Å². The lowest BCUT2D eigenvalue weighted by Crippen LogP contribution is -2.49. The highest BCUT2D eigenvalue weighted by atomic mass is 32.2. The molecule has 1 aliphatic heterocycles. The van der Waals surface area contributed by atoms with Gasteiger partial charge in [-0.1, -0.05) is 23.8 Å². The zero-order chi connectivity index (χ0) is 22.9. The lowest BCUT2D eigenvalue weighted by atomic mass is 10.2. The molecule has 9 heteroatoms. The van der Waals surface area contributed by atoms with E-state index in [1.54, 1.807) is 6.92 Å². The smallest absolute Gasteiger partial charge is 0.243 e. The number of halogens is 1. The Hall–Kier alpha value is -3.04. The first-order valence-electron chi connectivity index (χ1n) is 10.4. The summed E-state index contributed by atoms with van der Waals surface area (Å²) in [5, 5.41) is 3.23. The van der Waals surface area contributed by atoms with Crippen LogP contribution in [0, 0.1) is 26.6 Å². The van der Waals surface area contributed by atoms with E-state index in [1.165, 1.54) is 22.0 Å². The van der Waals surface area contributed by atoms with Crippen molar-refractivity contribution in [1.29, 1.82) is 0 Å². The average Bonchev–Trinajstić information content (AvgIpc) is 2.76. The molecule has 1 fully saturated rings. The standard InChI is InChI=1S/C23H26FN5O2S/c1-16-4-8-20(9-5-16)26-23-25-18(3)14-22(27-23)28-10-12-29(13-11-28)32(30,31)21-15-19(24)7-6-17(21)2/h4-9,14-15H,10-13H2,1-3H3,(H,25,26,27). The van der Waals surface area contributed by atoms with Crippen molar-refractivity contribution in [3.05, 3.63) is 71.2 Å². The van der Waals surface area contributed by atoms with Crippen LogP contribution >= 0.6 is 0 Å². The van der Waals surface area contributed by atoms with Crippen LogP contribution in [0.3, 0.4) is 0 Å². The van der Waals surface area contributed by atoms with E-state index in [4.69, 9.17) is 0 Å². The second kappa shape index (κ2) is 8.84. The lowest BCUT2D eigenvalue weighted by Gasteiger charge is -2.35. The van der Waals surface area contributed by atoms with Crippen molar-refractivity contribution in [1.82, 2.24) is 14.3 Å². The number of anilines is 3. The van der Waals surface area contributed by atoms with Gasteiger partial charge in [0, 0.05) is 43.6 Å². The van der Waals surface area contributed by atoms with Crippen molar-refractivity contribution in [2.24, 2.45) is 0 Å². The number of benzene rings is 2. The second-order valence-corrected chi connectivity index (χ2v) is 9.89. The van der Waals surface area contributed by atoms with Gasteiger partial charge in [-0.3, -0.25) is 0 Å². The van der Waals surface area contributed by atoms with Crippen LogP contribution in [0.15, 0.2) is 53.4 Å². The number of aromatic nitrogens is 2. The first kappa shape index (κ1) is 22.2. The Morgan fingerprint density at radius 3 is 2.28 bits per heavy atom. The molecule has 4 rings (SSSR count). The summed E-state index contributed by atoms with van der Waals surface area (Å²) < 4.78 is 41.2. The fourth-order valence-corrected chi connectivity index (χ4v) is 5.34. The van der Waals surface area contributed by atoms with Crippen LogP contribution in [0.2, 0.25) is 0 Å². The van der Waals surface area contributed by atoms with Crippen molar-refractivity contribution in [2.75, 3.05) is 36.4 Å². The van der Waals surface area contributed by atoms with Crippen LogP contribution in [0.5, 0.6) is 0 Å². The summed E-state index contributed by atoms with van der Waals surface area (Å²) in [6, 6.07) is 13.7. The average molecular weight is 456 g/mol. The highest BCUT2D eigenvalue weighted by Crippen LogP contribution is 2.24. The molecule has 2 heterocycles. The van der Waals surface area contributed by atoms with Crippen molar-refractivity contribution in [2.45, 2.75) is 25.7 Å². The van der Waals surface area contributed by atoms with Crippen LogP contribution < -0.4 is 10.2 Å². The number of nitrogens with one attached hydrogen (secondary N) is 1. The Labute approximate surface area is 188 Å². The molecule has 0 spiro atoms. The summed E-state index contributed by atoms with van der Waals surface area (Å²) in [7, 11) is -3.76. The highest BCUT2D eigenvalue weighted by molar-refractivity contribution is 7.89. The van der Waals surface area contributed by atoms with Gasteiger partial charge in [0.25, 0.3) is 0 Å². The van der Waals surface area contributed by atoms with E-state index in [1.807, 2.05) is 49.1 Å². The molecule has 0 radical (unpaired) electrons. The summed E-state index contributed by atoms with van der Waals surface area (Å²) in [6.45, 7) is 7.15. The molecule has 7 nitrogen and oxygen atoms in total. The molecule has 1 N–H and O–H groups in total. The SMILES string of the molecule is Cc1ccc(Nc2nc(C)cc(N3CCN(S(=O)(=O)c4cc(F)ccc4C)CC3)n2)cc1. The van der Waals surface area contributed by atoms with Crippen molar-refractivity contribution < 1.29 is 12.8 Å². The quantitative estimate of drug-likeness (QED) is 0.631. The summed E-state index contributed by atoms with van der Waals surface area (Å²) in [5.41, 5.74) is 3.42. The normalized spacial score (nSPS) is 15.1. The van der Waals surface area contributed by atoms with E-state index in [0.717, 1.165) is 23.3 Å². The fourth-order valence-electron chi connectivity index (χ4n) is 3.68. The van der Waals surface area contributed by atoms with Crippen molar-refractivity contribution >= 4 is 27.5 Å². The minimum atomic E-state index is -3.76. The number of nitrogens with zero attached hydrogens (tertiary/aromatic N) is 4. The molecule has 0 atom stereocenters. The molecule has 168 valence electrons. The molecule has 0 aliphatic carbocycles. The minimum Gasteiger partial charge on any atom is -0.354 e. The third kappa shape index (κ3) is 4.73. The Balaban J connectivity index is 1.49. The molecule has 0 saturated carbocycles. The first-order chi connectivity index (χ1) is 15.2. The zero-order valence-corrected chi connectivity index (χ0v) is 19.2. The Morgan fingerprint density at radius 1 is 0.906 bits per heavy atom. The predicted molar refractivity (Wildman–Crippen MR) is 123 cm³/mol. The monoisotopic (exact) mass is 455 g/mol. The van der Waals surface area contributed by atoms with Gasteiger partial charge in [0.15, 0.2) is 0 Å². The third-order valence-electron chi connectivity index (χ3n) is 5.48. The van der Waals surface area contributed by atoms with Gasteiger partial charge in [0.2, 0.25) is 16.0 Å². The third-order valence-corrected chi connectivity index (χ3v) is 7.52. The van der Waals surface area contributed by atoms with Gasteiger partial charge >= 0.3 is 0 Å². The van der Waals surface area contributed by atoms with Gasteiger partial charge in [0.05, 0.1) is 4.90 Å². The maximum atomic E-state index is 13.7. The van der Waals surface area contributed by atoms with Gasteiger partial charge in [-0.25, -0.2) is 17.8 Å². The van der Waals surface area contributed by atoms with Crippen LogP contribution in [0.25, 0.3) is 0 Å². The van der Waals surface area contributed by atoms with E-state index in [2.05, 4.69) is 15.3 Å². The molecular weight excluding hydrogens is 429 g/mol. The summed E-state index contributed by atoms with van der Waals surface area (Å²) in [4.78, 5) is 11.2. The molecule has 1 aliphatic rings. The number of hydrogen-bond donors (Lipinski definition) is 1. The molecule has 2 aromatic carbocycles. The van der Waals surface area contributed by atoms with Crippen molar-refractivity contribution in [3.8, 4) is 0 Å². The van der Waals surface area contributed by atoms with Crippen LogP contribution in [-0.2, 0) is 10.0 Å². The Morgan fingerprint density at radius 2 is 1.59 bits per heavy atom. The minimum absolute atomic E-state index is 0.0217. The van der Waals surface area contributed by atoms with Crippen LogP contribution in [-0.4, -0.2) is 48.9 Å². The lowest BCUT2D eigenvalue weighted by molar-refractivity contribution is 0.383. The Kier molecular flexibility index (Phi) is 6.12. The summed E-state index contributed by atoms with van der Waals surface area (Å²) in [6.07, 6.45) is 0. The maximum Gasteiger partial charge on any atom is 0.243 e. The topological polar surface area (TPSA) is 78.4 Å². The predicted octanol–water partition coefficient (Wildman–Crippen LogP) is 3.80. The molecule has 3 aromatic rings. The first-order valence-corrected chi connectivity index (χ1v) is 11.9. The van der Waals surface area contributed by atoms with Gasteiger partial charge in [-0.15, -0.1) is 0 Å². The molecule has 1 aromatic heterocycles. The van der Waals surface area contributed by atoms with Gasteiger partial charge in [0.1, 0.15) is 11.6 Å². The molecule has 0 unspecified atom stereocenters. The van der Waals surface area contributed by atoms with Gasteiger partial charge in [-0.2, -0.15) is 9.29 Å². The van der Waals surface area contributed by atoms with E-state index in [9.17, 15) is 12.8 Å². The van der Waals surface area contributed by atoms with E-state index in [-0.39, 0.29) is 4.90 Å². The number of piperazine rings is 1. The zero-order valence-electron chi connectivity index (χ0n) is 18.3. The van der Waals surface area contributed by atoms with Gasteiger partial charge < -0.3 is 10.2 Å². The molecule has 1 saturated heterocycles. The van der Waals surface area contributed by atoms with Crippen LogP contribution in [0.1, 0.15) is 16.8 Å². The second-order valence-electron chi connectivity index (χ2n) is 7.98. The van der Waals surface area contributed by atoms with Crippen LogP contribution in [0.4, 0.5) is 21.8 Å². The number of aryl methyl sites for hydroxylation is 3. The summed E-state index contributed by atoms with van der Waals surface area (Å²) >= 11 is 0. The molecular formula is C23H26FN5O2S. The van der Waals surface area contributed by atoms with E-state index >= 15 is 0 Å². The molecule has 0 amide bonds. The van der Waals surface area contributed by atoms with Crippen molar-refractivity contribution in [3.63, 3.8) is 0 Å². The van der Waals surface area contributed by atoms with E-state index < -0.39 is 15.8 Å².